The lowest BCUT2D eigenvalue weighted by atomic mass is 10.1. The molecule has 0 atom stereocenters. The lowest BCUT2D eigenvalue weighted by molar-refractivity contribution is 0.0698. The molecule has 0 amide bonds. The number of hydrogen-bond acceptors (Lipinski definition) is 4. The van der Waals surface area contributed by atoms with E-state index < -0.39 is 16.0 Å². The third kappa shape index (κ3) is 5.29. The molecular weight excluding hydrogens is 388 g/mol. The Morgan fingerprint density at radius 3 is 2.28 bits per heavy atom. The molecule has 7 heteroatoms. The van der Waals surface area contributed by atoms with Crippen molar-refractivity contribution in [2.24, 2.45) is 0 Å². The van der Waals surface area contributed by atoms with Gasteiger partial charge in [-0.25, -0.2) is 13.2 Å². The van der Waals surface area contributed by atoms with Crippen molar-refractivity contribution in [3.63, 3.8) is 0 Å². The Kier molecular flexibility index (Phi) is 6.79. The van der Waals surface area contributed by atoms with Gasteiger partial charge in [0.1, 0.15) is 0 Å². The second kappa shape index (κ2) is 9.31. The smallest absolute Gasteiger partial charge is 0.337 e. The highest BCUT2D eigenvalue weighted by atomic mass is 32.2. The fourth-order valence-corrected chi connectivity index (χ4v) is 4.73. The molecule has 2 aromatic carbocycles. The minimum Gasteiger partial charge on any atom is -0.478 e. The number of sulfonamides is 1. The molecule has 1 fully saturated rings. The number of carboxylic acids is 1. The van der Waals surface area contributed by atoms with Crippen LogP contribution in [0.15, 0.2) is 47.4 Å². The molecule has 1 heterocycles. The van der Waals surface area contributed by atoms with E-state index in [9.17, 15) is 18.3 Å². The standard InChI is InChI=1S/C22H28N2O4S/c1-2-7-17-8-11-19(12-9-17)29(27,28)23-21-13-10-18(16-20(21)22(25)26)24-14-5-3-4-6-15-24/h8-13,16,23H,2-7,14-15H2,1H3,(H,25,26). The van der Waals surface area contributed by atoms with Gasteiger partial charge >= 0.3 is 5.97 Å². The van der Waals surface area contributed by atoms with Gasteiger partial charge in [0.25, 0.3) is 10.0 Å². The molecule has 0 bridgehead atoms. The van der Waals surface area contributed by atoms with Crippen LogP contribution in [0.4, 0.5) is 11.4 Å². The summed E-state index contributed by atoms with van der Waals surface area (Å²) in [5.74, 6) is -1.15. The summed E-state index contributed by atoms with van der Waals surface area (Å²) in [6.45, 7) is 3.83. The predicted octanol–water partition coefficient (Wildman–Crippen LogP) is 4.52. The zero-order valence-electron chi connectivity index (χ0n) is 16.7. The summed E-state index contributed by atoms with van der Waals surface area (Å²) in [7, 11) is -3.87. The topological polar surface area (TPSA) is 86.7 Å². The number of rotatable bonds is 7. The van der Waals surface area contributed by atoms with E-state index in [4.69, 9.17) is 0 Å². The second-order valence-electron chi connectivity index (χ2n) is 7.44. The molecule has 0 aromatic heterocycles. The number of anilines is 2. The van der Waals surface area contributed by atoms with Gasteiger partial charge < -0.3 is 10.0 Å². The van der Waals surface area contributed by atoms with Gasteiger partial charge in [0.05, 0.1) is 16.1 Å². The van der Waals surface area contributed by atoms with Crippen LogP contribution in [-0.4, -0.2) is 32.6 Å². The van der Waals surface area contributed by atoms with Gasteiger partial charge in [-0.1, -0.05) is 38.3 Å². The first-order valence-electron chi connectivity index (χ1n) is 10.1. The molecule has 2 N–H and O–H groups in total. The van der Waals surface area contributed by atoms with Crippen molar-refractivity contribution in [2.45, 2.75) is 50.3 Å². The van der Waals surface area contributed by atoms with Crippen molar-refractivity contribution in [1.29, 1.82) is 0 Å². The van der Waals surface area contributed by atoms with E-state index in [1.165, 1.54) is 12.8 Å². The van der Waals surface area contributed by atoms with E-state index >= 15 is 0 Å². The Balaban J connectivity index is 1.86. The molecule has 29 heavy (non-hydrogen) atoms. The number of benzene rings is 2. The number of carboxylic acid groups (broad SMARTS) is 1. The van der Waals surface area contributed by atoms with Crippen molar-refractivity contribution >= 4 is 27.4 Å². The van der Waals surface area contributed by atoms with Crippen LogP contribution in [0.2, 0.25) is 0 Å². The minimum absolute atomic E-state index is 0.0436. The van der Waals surface area contributed by atoms with Crippen LogP contribution >= 0.6 is 0 Å². The average molecular weight is 417 g/mol. The highest BCUT2D eigenvalue weighted by molar-refractivity contribution is 7.92. The van der Waals surface area contributed by atoms with Gasteiger partial charge in [0.2, 0.25) is 0 Å². The van der Waals surface area contributed by atoms with Crippen molar-refractivity contribution in [3.8, 4) is 0 Å². The summed E-state index contributed by atoms with van der Waals surface area (Å²) in [6.07, 6.45) is 6.37. The summed E-state index contributed by atoms with van der Waals surface area (Å²) in [5.41, 5.74) is 1.92. The van der Waals surface area contributed by atoms with Crippen LogP contribution in [0.25, 0.3) is 0 Å². The van der Waals surface area contributed by atoms with Crippen molar-refractivity contribution in [3.05, 3.63) is 53.6 Å². The quantitative estimate of drug-likeness (QED) is 0.693. The fourth-order valence-electron chi connectivity index (χ4n) is 3.65. The zero-order valence-corrected chi connectivity index (χ0v) is 17.5. The van der Waals surface area contributed by atoms with Crippen molar-refractivity contribution < 1.29 is 18.3 Å². The predicted molar refractivity (Wildman–Crippen MR) is 115 cm³/mol. The molecule has 2 aromatic rings. The first-order chi connectivity index (χ1) is 13.9. The van der Waals surface area contributed by atoms with Crippen LogP contribution in [0.5, 0.6) is 0 Å². The van der Waals surface area contributed by atoms with Gasteiger partial charge in [0, 0.05) is 18.8 Å². The number of hydrogen-bond donors (Lipinski definition) is 2. The molecule has 1 aliphatic heterocycles. The van der Waals surface area contributed by atoms with E-state index in [1.54, 1.807) is 42.5 Å². The number of carbonyl (C=O) groups is 1. The lowest BCUT2D eigenvalue weighted by Crippen LogP contribution is -2.24. The van der Waals surface area contributed by atoms with Crippen LogP contribution in [0.3, 0.4) is 0 Å². The van der Waals surface area contributed by atoms with E-state index in [0.717, 1.165) is 50.0 Å². The Labute approximate surface area is 172 Å². The maximum Gasteiger partial charge on any atom is 0.337 e. The van der Waals surface area contributed by atoms with E-state index in [1.807, 2.05) is 0 Å². The van der Waals surface area contributed by atoms with E-state index in [2.05, 4.69) is 16.5 Å². The monoisotopic (exact) mass is 416 g/mol. The van der Waals surface area contributed by atoms with Crippen LogP contribution < -0.4 is 9.62 Å². The Hall–Kier alpha value is -2.54. The largest absolute Gasteiger partial charge is 0.478 e. The third-order valence-electron chi connectivity index (χ3n) is 5.22. The highest BCUT2D eigenvalue weighted by Gasteiger charge is 2.20. The molecule has 6 nitrogen and oxygen atoms in total. The SMILES string of the molecule is CCCc1ccc(S(=O)(=O)Nc2ccc(N3CCCCCC3)cc2C(=O)O)cc1. The summed E-state index contributed by atoms with van der Waals surface area (Å²) < 4.78 is 28.0. The molecule has 156 valence electrons. The Morgan fingerprint density at radius 1 is 1.03 bits per heavy atom. The first kappa shape index (κ1) is 21.2. The molecule has 0 aliphatic carbocycles. The van der Waals surface area contributed by atoms with Gasteiger partial charge in [-0.3, -0.25) is 4.72 Å². The summed E-state index contributed by atoms with van der Waals surface area (Å²) in [5, 5.41) is 9.65. The van der Waals surface area contributed by atoms with E-state index in [0.29, 0.717) is 0 Å². The Bertz CT molecular complexity index is 947. The van der Waals surface area contributed by atoms with Crippen LogP contribution in [-0.2, 0) is 16.4 Å². The van der Waals surface area contributed by atoms with E-state index in [-0.39, 0.29) is 16.1 Å². The Morgan fingerprint density at radius 2 is 1.69 bits per heavy atom. The first-order valence-corrected chi connectivity index (χ1v) is 11.6. The normalized spacial score (nSPS) is 15.0. The number of nitrogens with one attached hydrogen (secondary N) is 1. The molecule has 0 saturated carbocycles. The minimum atomic E-state index is -3.87. The van der Waals surface area contributed by atoms with Crippen molar-refractivity contribution in [1.82, 2.24) is 0 Å². The average Bonchev–Trinajstić information content (AvgIpc) is 2.98. The molecule has 1 saturated heterocycles. The van der Waals surface area contributed by atoms with Gasteiger partial charge in [-0.05, 0) is 55.2 Å². The zero-order chi connectivity index (χ0) is 20.9. The number of aromatic carboxylic acids is 1. The summed E-state index contributed by atoms with van der Waals surface area (Å²) >= 11 is 0. The van der Waals surface area contributed by atoms with Gasteiger partial charge in [-0.15, -0.1) is 0 Å². The summed E-state index contributed by atoms with van der Waals surface area (Å²) in [6, 6.07) is 11.6. The van der Waals surface area contributed by atoms with Crippen LogP contribution in [0, 0.1) is 0 Å². The molecule has 0 radical (unpaired) electrons. The number of nitrogens with zero attached hydrogens (tertiary/aromatic N) is 1. The molecule has 1 aliphatic rings. The highest BCUT2D eigenvalue weighted by Crippen LogP contribution is 2.27. The second-order valence-corrected chi connectivity index (χ2v) is 9.12. The van der Waals surface area contributed by atoms with Crippen LogP contribution in [0.1, 0.15) is 54.9 Å². The van der Waals surface area contributed by atoms with Gasteiger partial charge in [0.15, 0.2) is 0 Å². The maximum atomic E-state index is 12.8. The molecule has 0 unspecified atom stereocenters. The van der Waals surface area contributed by atoms with Crippen molar-refractivity contribution in [2.75, 3.05) is 22.7 Å². The summed E-state index contributed by atoms with van der Waals surface area (Å²) in [4.78, 5) is 14.1. The van der Waals surface area contributed by atoms with Gasteiger partial charge in [-0.2, -0.15) is 0 Å². The third-order valence-corrected chi connectivity index (χ3v) is 6.60. The number of aryl methyl sites for hydroxylation is 1. The lowest BCUT2D eigenvalue weighted by Gasteiger charge is -2.23. The molecule has 3 rings (SSSR count). The molecular formula is C22H28N2O4S. The fraction of sp³-hybridized carbons (Fsp3) is 0.409. The molecule has 0 spiro atoms. The maximum absolute atomic E-state index is 12.8.